The van der Waals surface area contributed by atoms with Crippen LogP contribution in [-0.2, 0) is 22.6 Å². The monoisotopic (exact) mass is 564 g/mol. The largest absolute Gasteiger partial charge is 0.507 e. The number of carbonyl (C=O) groups is 1. The maximum Gasteiger partial charge on any atom is 0.416 e. The molecule has 0 aliphatic rings. The molecule has 0 heterocycles. The molecular formula is C28H31F3N2O5S. The first-order chi connectivity index (χ1) is 18.3. The Morgan fingerprint density at radius 2 is 1.51 bits per heavy atom. The van der Waals surface area contributed by atoms with Crippen LogP contribution in [0.1, 0.15) is 35.3 Å². The average Bonchev–Trinajstić information content (AvgIpc) is 2.88. The second kappa shape index (κ2) is 12.6. The second-order valence-electron chi connectivity index (χ2n) is 9.59. The Labute approximate surface area is 226 Å². The van der Waals surface area contributed by atoms with Crippen LogP contribution < -0.4 is 5.32 Å². The molecule has 3 rings (SSSR count). The maximum atomic E-state index is 13.4. The number of aromatic hydroxyl groups is 1. The highest BCUT2D eigenvalue weighted by Crippen LogP contribution is 2.30. The van der Waals surface area contributed by atoms with Gasteiger partial charge in [-0.15, -0.1) is 0 Å². The number of sulfonamides is 1. The lowest BCUT2D eigenvalue weighted by atomic mass is 10.00. The number of aliphatic hydroxyl groups excluding tert-OH is 1. The molecule has 0 fully saturated rings. The molecule has 0 aromatic heterocycles. The summed E-state index contributed by atoms with van der Waals surface area (Å²) < 4.78 is 66.9. The predicted octanol–water partition coefficient (Wildman–Crippen LogP) is 4.46. The summed E-state index contributed by atoms with van der Waals surface area (Å²) in [6.07, 6.45) is -5.87. The number of benzene rings is 3. The number of alkyl halides is 3. The Balaban J connectivity index is 1.90. The van der Waals surface area contributed by atoms with Crippen molar-refractivity contribution in [2.45, 2.75) is 43.5 Å². The van der Waals surface area contributed by atoms with E-state index < -0.39 is 46.4 Å². The van der Waals surface area contributed by atoms with Crippen LogP contribution in [0, 0.1) is 5.92 Å². The fraction of sp³-hybridized carbons (Fsp3) is 0.321. The van der Waals surface area contributed by atoms with Gasteiger partial charge in [-0.05, 0) is 54.3 Å². The number of rotatable bonds is 11. The molecule has 0 aliphatic carbocycles. The number of hydrogen-bond donors (Lipinski definition) is 3. The Hall–Kier alpha value is -3.41. The summed E-state index contributed by atoms with van der Waals surface area (Å²) in [6, 6.07) is 17.0. The highest BCUT2D eigenvalue weighted by Gasteiger charge is 2.34. The molecule has 0 radical (unpaired) electrons. The van der Waals surface area contributed by atoms with Crippen LogP contribution >= 0.6 is 0 Å². The third-order valence-corrected chi connectivity index (χ3v) is 7.85. The Kier molecular flexibility index (Phi) is 9.76. The Morgan fingerprint density at radius 3 is 2.08 bits per heavy atom. The fourth-order valence-electron chi connectivity index (χ4n) is 4.04. The minimum atomic E-state index is -4.62. The molecule has 0 bridgehead atoms. The highest BCUT2D eigenvalue weighted by atomic mass is 32.2. The first kappa shape index (κ1) is 30.1. The van der Waals surface area contributed by atoms with Gasteiger partial charge in [-0.25, -0.2) is 8.42 Å². The van der Waals surface area contributed by atoms with Gasteiger partial charge in [0.2, 0.25) is 10.0 Å². The number of amides is 1. The van der Waals surface area contributed by atoms with Gasteiger partial charge in [0, 0.05) is 13.1 Å². The molecule has 1 amide bonds. The van der Waals surface area contributed by atoms with Crippen LogP contribution in [0.3, 0.4) is 0 Å². The summed E-state index contributed by atoms with van der Waals surface area (Å²) in [7, 11) is -4.29. The molecule has 0 saturated heterocycles. The molecule has 0 unspecified atom stereocenters. The van der Waals surface area contributed by atoms with Gasteiger partial charge in [0.1, 0.15) is 5.75 Å². The molecule has 3 aromatic carbocycles. The number of hydrogen-bond acceptors (Lipinski definition) is 5. The van der Waals surface area contributed by atoms with Gasteiger partial charge in [0.15, 0.2) is 0 Å². The van der Waals surface area contributed by atoms with Crippen LogP contribution in [0.4, 0.5) is 13.2 Å². The van der Waals surface area contributed by atoms with Crippen molar-refractivity contribution in [3.63, 3.8) is 0 Å². The number of para-hydroxylation sites is 1. The zero-order valence-electron chi connectivity index (χ0n) is 21.5. The van der Waals surface area contributed by atoms with Crippen LogP contribution in [0.15, 0.2) is 83.8 Å². The van der Waals surface area contributed by atoms with Crippen LogP contribution in [0.2, 0.25) is 0 Å². The van der Waals surface area contributed by atoms with Crippen molar-refractivity contribution >= 4 is 15.9 Å². The zero-order valence-corrected chi connectivity index (χ0v) is 22.3. The van der Waals surface area contributed by atoms with Crippen molar-refractivity contribution < 1.29 is 36.6 Å². The second-order valence-corrected chi connectivity index (χ2v) is 11.5. The van der Waals surface area contributed by atoms with Gasteiger partial charge in [0.05, 0.1) is 28.2 Å². The number of halogens is 3. The topological polar surface area (TPSA) is 107 Å². The Morgan fingerprint density at radius 1 is 0.923 bits per heavy atom. The molecule has 2 atom stereocenters. The van der Waals surface area contributed by atoms with Crippen LogP contribution in [-0.4, -0.2) is 54.1 Å². The number of aliphatic hydroxyl groups is 1. The lowest BCUT2D eigenvalue weighted by molar-refractivity contribution is -0.137. The van der Waals surface area contributed by atoms with Gasteiger partial charge < -0.3 is 15.5 Å². The van der Waals surface area contributed by atoms with Crippen molar-refractivity contribution in [1.29, 1.82) is 0 Å². The Bertz CT molecular complexity index is 1350. The van der Waals surface area contributed by atoms with Gasteiger partial charge >= 0.3 is 6.18 Å². The summed E-state index contributed by atoms with van der Waals surface area (Å²) in [5, 5.41) is 24.0. The van der Waals surface area contributed by atoms with E-state index >= 15 is 0 Å². The minimum absolute atomic E-state index is 0.0147. The van der Waals surface area contributed by atoms with E-state index in [-0.39, 0.29) is 35.1 Å². The smallest absolute Gasteiger partial charge is 0.416 e. The van der Waals surface area contributed by atoms with E-state index in [2.05, 4.69) is 5.32 Å². The highest BCUT2D eigenvalue weighted by molar-refractivity contribution is 7.89. The third kappa shape index (κ3) is 8.04. The standard InChI is InChI=1S/C28H31F3N2O5S/c1-19(2)17-33(39(37,38)22-14-12-21(13-15-22)28(29,30)31)18-26(35)24(16-20-8-4-3-5-9-20)32-27(36)23-10-6-7-11-25(23)34/h3-15,19,24,26,34-35H,16-18H2,1-2H3,(H,32,36)/t24-,26+/m0/s1. The molecule has 11 heteroatoms. The third-order valence-electron chi connectivity index (χ3n) is 6.01. The molecule has 3 aromatic rings. The summed E-state index contributed by atoms with van der Waals surface area (Å²) in [4.78, 5) is 12.6. The number of nitrogens with zero attached hydrogens (tertiary/aromatic N) is 1. The van der Waals surface area contributed by atoms with Crippen molar-refractivity contribution in [2.75, 3.05) is 13.1 Å². The van der Waals surface area contributed by atoms with Crippen molar-refractivity contribution in [3.8, 4) is 5.75 Å². The predicted molar refractivity (Wildman–Crippen MR) is 141 cm³/mol. The molecular weight excluding hydrogens is 533 g/mol. The van der Waals surface area contributed by atoms with Gasteiger partial charge in [0.25, 0.3) is 5.91 Å². The number of carbonyl (C=O) groups excluding carboxylic acids is 1. The van der Waals surface area contributed by atoms with E-state index in [4.69, 9.17) is 0 Å². The number of phenols is 1. The van der Waals surface area contributed by atoms with E-state index in [1.54, 1.807) is 56.3 Å². The fourth-order valence-corrected chi connectivity index (χ4v) is 5.66. The number of phenolic OH excluding ortho intramolecular Hbond substituents is 1. The van der Waals surface area contributed by atoms with Crippen molar-refractivity contribution in [3.05, 3.63) is 95.6 Å². The molecule has 7 nitrogen and oxygen atoms in total. The maximum absolute atomic E-state index is 13.4. The summed E-state index contributed by atoms with van der Waals surface area (Å²) in [6.45, 7) is 3.08. The molecule has 0 aliphatic heterocycles. The van der Waals surface area contributed by atoms with Crippen LogP contribution in [0.5, 0.6) is 5.75 Å². The lowest BCUT2D eigenvalue weighted by Crippen LogP contribution is -2.51. The molecule has 39 heavy (non-hydrogen) atoms. The van der Waals surface area contributed by atoms with E-state index in [0.29, 0.717) is 12.1 Å². The SMILES string of the molecule is CC(C)CN(C[C@@H](O)[C@H](Cc1ccccc1)NC(=O)c1ccccc1O)S(=O)(=O)c1ccc(C(F)(F)F)cc1. The van der Waals surface area contributed by atoms with Crippen molar-refractivity contribution in [1.82, 2.24) is 9.62 Å². The molecule has 210 valence electrons. The van der Waals surface area contributed by atoms with E-state index in [0.717, 1.165) is 22.0 Å². The average molecular weight is 565 g/mol. The minimum Gasteiger partial charge on any atom is -0.507 e. The quantitative estimate of drug-likeness (QED) is 0.319. The van der Waals surface area contributed by atoms with Crippen molar-refractivity contribution in [2.24, 2.45) is 5.92 Å². The van der Waals surface area contributed by atoms with Gasteiger partial charge in [-0.3, -0.25) is 4.79 Å². The molecule has 0 spiro atoms. The van der Waals surface area contributed by atoms with Gasteiger partial charge in [-0.2, -0.15) is 17.5 Å². The number of nitrogens with one attached hydrogen (secondary N) is 1. The van der Waals surface area contributed by atoms with Gasteiger partial charge in [-0.1, -0.05) is 56.3 Å². The van der Waals surface area contributed by atoms with E-state index in [1.807, 2.05) is 0 Å². The summed E-state index contributed by atoms with van der Waals surface area (Å²) >= 11 is 0. The summed E-state index contributed by atoms with van der Waals surface area (Å²) in [5.41, 5.74) is -0.231. The summed E-state index contributed by atoms with van der Waals surface area (Å²) in [5.74, 6) is -1.09. The first-order valence-electron chi connectivity index (χ1n) is 12.3. The zero-order chi connectivity index (χ0) is 28.8. The van der Waals surface area contributed by atoms with Crippen LogP contribution in [0.25, 0.3) is 0 Å². The normalized spacial score (nSPS) is 13.8. The van der Waals surface area contributed by atoms with E-state index in [9.17, 15) is 36.6 Å². The molecule has 0 saturated carbocycles. The molecule has 3 N–H and O–H groups in total. The lowest BCUT2D eigenvalue weighted by Gasteiger charge is -2.31. The first-order valence-corrected chi connectivity index (χ1v) is 13.7. The van der Waals surface area contributed by atoms with E-state index in [1.165, 1.54) is 12.1 Å².